The Morgan fingerprint density at radius 3 is 2.38 bits per heavy atom. The van der Waals surface area contributed by atoms with E-state index in [1.807, 2.05) is 4.90 Å². The van der Waals surface area contributed by atoms with E-state index >= 15 is 0 Å². The average molecular weight is 545 g/mol. The number of carbonyl (C=O) groups excluding carboxylic acids is 2. The van der Waals surface area contributed by atoms with E-state index in [0.717, 1.165) is 4.90 Å². The Balaban J connectivity index is 1.57. The number of hydrogen-bond acceptors (Lipinski definition) is 5. The van der Waals surface area contributed by atoms with E-state index in [-0.39, 0.29) is 26.7 Å². The van der Waals surface area contributed by atoms with Crippen LogP contribution in [0.5, 0.6) is 0 Å². The number of anilines is 2. The summed E-state index contributed by atoms with van der Waals surface area (Å²) in [6.07, 6.45) is -0.882. The fourth-order valence-electron chi connectivity index (χ4n) is 6.56. The highest BCUT2D eigenvalue weighted by molar-refractivity contribution is 6.37. The SMILES string of the molecule is O=C1C2C3C[C@H](CF)CN3C3(c4cc(Cl)cc(Cl)c4NC3O)C2C(=O)N1c1cc(Cl)cc(Cl)c1. The molecule has 0 aromatic heterocycles. The van der Waals surface area contributed by atoms with Crippen LogP contribution < -0.4 is 10.2 Å². The van der Waals surface area contributed by atoms with E-state index in [1.165, 1.54) is 18.2 Å². The molecule has 2 amide bonds. The van der Waals surface area contributed by atoms with Crippen LogP contribution in [0.2, 0.25) is 20.1 Å². The molecular weight excluding hydrogens is 527 g/mol. The second-order valence-corrected chi connectivity index (χ2v) is 11.0. The van der Waals surface area contributed by atoms with Crippen molar-refractivity contribution in [1.29, 1.82) is 0 Å². The Hall–Kier alpha value is -1.61. The van der Waals surface area contributed by atoms with Crippen molar-refractivity contribution in [2.75, 3.05) is 23.4 Å². The van der Waals surface area contributed by atoms with E-state index in [1.54, 1.807) is 12.1 Å². The Bertz CT molecular complexity index is 1240. The van der Waals surface area contributed by atoms with Crippen LogP contribution in [0.3, 0.4) is 0 Å². The Labute approximate surface area is 214 Å². The molecule has 2 aromatic carbocycles. The van der Waals surface area contributed by atoms with Gasteiger partial charge in [0.1, 0.15) is 11.8 Å². The zero-order valence-corrected chi connectivity index (χ0v) is 20.5. The number of rotatable bonds is 2. The van der Waals surface area contributed by atoms with Crippen LogP contribution in [0.15, 0.2) is 30.3 Å². The topological polar surface area (TPSA) is 72.9 Å². The number of aliphatic hydroxyl groups excluding tert-OH is 1. The quantitative estimate of drug-likeness (QED) is 0.535. The van der Waals surface area contributed by atoms with Gasteiger partial charge in [-0.25, -0.2) is 4.90 Å². The molecule has 6 atom stereocenters. The highest BCUT2D eigenvalue weighted by atomic mass is 35.5. The highest BCUT2D eigenvalue weighted by Crippen LogP contribution is 2.63. The summed E-state index contributed by atoms with van der Waals surface area (Å²) >= 11 is 25.1. The highest BCUT2D eigenvalue weighted by Gasteiger charge is 2.75. The normalized spacial score (nSPS) is 34.1. The Morgan fingerprint density at radius 2 is 1.71 bits per heavy atom. The molecule has 178 valence electrons. The molecule has 34 heavy (non-hydrogen) atoms. The van der Waals surface area contributed by atoms with Crippen LogP contribution in [0, 0.1) is 17.8 Å². The van der Waals surface area contributed by atoms with Gasteiger partial charge in [-0.3, -0.25) is 18.9 Å². The van der Waals surface area contributed by atoms with Crippen molar-refractivity contribution < 1.29 is 19.1 Å². The van der Waals surface area contributed by atoms with Gasteiger partial charge in [0.25, 0.3) is 0 Å². The van der Waals surface area contributed by atoms with E-state index in [0.29, 0.717) is 29.2 Å². The lowest BCUT2D eigenvalue weighted by atomic mass is 9.74. The number of amides is 2. The van der Waals surface area contributed by atoms with Crippen LogP contribution in [0.4, 0.5) is 15.8 Å². The maximum absolute atomic E-state index is 14.0. The van der Waals surface area contributed by atoms with Crippen LogP contribution in [0.1, 0.15) is 12.0 Å². The van der Waals surface area contributed by atoms with Crippen LogP contribution in [-0.2, 0) is 15.1 Å². The number of hydrogen-bond donors (Lipinski definition) is 2. The average Bonchev–Trinajstić information content (AvgIpc) is 3.44. The number of fused-ring (bicyclic) bond motifs is 7. The standard InChI is InChI=1S/C23H18Cl4FN3O3/c24-10-2-11(25)4-13(3-10)31-20(32)17-16-1-9(7-28)8-30(16)23(18(17)21(31)33)14-5-12(26)6-15(27)19(14)29-22(23)34/h2-6,9,16-18,22,29,34H,1,7-8H2/t9-,16?,17?,18?,22?,23?/m1/s1. The third-order valence-corrected chi connectivity index (χ3v) is 8.61. The first-order chi connectivity index (χ1) is 16.2. The van der Waals surface area contributed by atoms with Crippen molar-refractivity contribution in [2.45, 2.75) is 24.2 Å². The summed E-state index contributed by atoms with van der Waals surface area (Å²) in [4.78, 5) is 30.8. The minimum Gasteiger partial charge on any atom is -0.371 e. The summed E-state index contributed by atoms with van der Waals surface area (Å²) in [6.45, 7) is -0.275. The summed E-state index contributed by atoms with van der Waals surface area (Å²) in [5.41, 5.74) is -0.103. The van der Waals surface area contributed by atoms with E-state index in [4.69, 9.17) is 46.4 Å². The molecule has 4 aliphatic heterocycles. The predicted octanol–water partition coefficient (Wildman–Crippen LogP) is 4.72. The summed E-state index contributed by atoms with van der Waals surface area (Å²) in [5.74, 6) is -2.97. The van der Waals surface area contributed by atoms with Gasteiger partial charge in [0.15, 0.2) is 0 Å². The molecule has 1 spiro atoms. The van der Waals surface area contributed by atoms with Crippen LogP contribution in [-0.4, -0.2) is 47.3 Å². The predicted molar refractivity (Wildman–Crippen MR) is 128 cm³/mol. The second-order valence-electron chi connectivity index (χ2n) is 9.30. The molecule has 6 nitrogen and oxygen atoms in total. The lowest BCUT2D eigenvalue weighted by Crippen LogP contribution is -2.56. The number of benzene rings is 2. The zero-order valence-electron chi connectivity index (χ0n) is 17.4. The molecule has 3 fully saturated rings. The zero-order chi connectivity index (χ0) is 24.1. The maximum Gasteiger partial charge on any atom is 0.240 e. The number of nitrogens with one attached hydrogen (secondary N) is 1. The maximum atomic E-state index is 14.0. The third kappa shape index (κ3) is 2.83. The monoisotopic (exact) mass is 543 g/mol. The van der Waals surface area contributed by atoms with Gasteiger partial charge < -0.3 is 10.4 Å². The van der Waals surface area contributed by atoms with Gasteiger partial charge in [-0.2, -0.15) is 0 Å². The number of imide groups is 1. The fraction of sp³-hybridized carbons (Fsp3) is 0.391. The Kier molecular flexibility index (Phi) is 5.16. The van der Waals surface area contributed by atoms with Gasteiger partial charge in [-0.1, -0.05) is 46.4 Å². The summed E-state index contributed by atoms with van der Waals surface area (Å²) in [5, 5.41) is 15.6. The van der Waals surface area contributed by atoms with E-state index < -0.39 is 48.1 Å². The molecule has 2 aromatic rings. The van der Waals surface area contributed by atoms with E-state index in [9.17, 15) is 19.1 Å². The molecule has 0 radical (unpaired) electrons. The number of nitrogens with zero attached hydrogens (tertiary/aromatic N) is 2. The summed E-state index contributed by atoms with van der Waals surface area (Å²) in [6, 6.07) is 7.26. The molecule has 0 aliphatic carbocycles. The second kappa shape index (κ2) is 7.69. The van der Waals surface area contributed by atoms with Gasteiger partial charge in [-0.15, -0.1) is 0 Å². The number of alkyl halides is 1. The van der Waals surface area contributed by atoms with Crippen LogP contribution >= 0.6 is 46.4 Å². The van der Waals surface area contributed by atoms with Crippen LogP contribution in [0.25, 0.3) is 0 Å². The molecular formula is C23H18Cl4FN3O3. The number of halogens is 5. The van der Waals surface area contributed by atoms with Gasteiger partial charge in [0.2, 0.25) is 11.8 Å². The molecule has 3 saturated heterocycles. The smallest absolute Gasteiger partial charge is 0.240 e. The fourth-order valence-corrected chi connectivity index (χ4v) is 7.62. The summed E-state index contributed by atoms with van der Waals surface area (Å²) in [7, 11) is 0. The Morgan fingerprint density at radius 1 is 1.03 bits per heavy atom. The summed E-state index contributed by atoms with van der Waals surface area (Å²) < 4.78 is 13.8. The van der Waals surface area contributed by atoms with Crippen molar-refractivity contribution in [3.05, 3.63) is 56.0 Å². The van der Waals surface area contributed by atoms with Crippen molar-refractivity contribution in [1.82, 2.24) is 4.90 Å². The minimum absolute atomic E-state index is 0.258. The van der Waals surface area contributed by atoms with Gasteiger partial charge in [0, 0.05) is 39.1 Å². The van der Waals surface area contributed by atoms with Gasteiger partial charge >= 0.3 is 0 Å². The molecule has 6 rings (SSSR count). The lowest BCUT2D eigenvalue weighted by molar-refractivity contribution is -0.127. The molecule has 0 bridgehead atoms. The van der Waals surface area contributed by atoms with Gasteiger partial charge in [-0.05, 0) is 36.8 Å². The lowest BCUT2D eigenvalue weighted by Gasteiger charge is -2.41. The van der Waals surface area contributed by atoms with Crippen molar-refractivity contribution in [3.8, 4) is 0 Å². The molecule has 2 N–H and O–H groups in total. The largest absolute Gasteiger partial charge is 0.371 e. The van der Waals surface area contributed by atoms with Crippen molar-refractivity contribution >= 4 is 69.6 Å². The van der Waals surface area contributed by atoms with Gasteiger partial charge in [0.05, 0.1) is 34.9 Å². The molecule has 11 heteroatoms. The number of carbonyl (C=O) groups is 2. The first-order valence-corrected chi connectivity index (χ1v) is 12.3. The molecule has 4 aliphatic rings. The molecule has 0 saturated carbocycles. The first kappa shape index (κ1) is 22.8. The number of aliphatic hydroxyl groups is 1. The molecule has 4 heterocycles. The molecule has 5 unspecified atom stereocenters. The van der Waals surface area contributed by atoms with Crippen molar-refractivity contribution in [2.24, 2.45) is 17.8 Å². The van der Waals surface area contributed by atoms with E-state index in [2.05, 4.69) is 5.32 Å². The van der Waals surface area contributed by atoms with Crippen molar-refractivity contribution in [3.63, 3.8) is 0 Å². The minimum atomic E-state index is -1.34. The first-order valence-electron chi connectivity index (χ1n) is 10.8. The third-order valence-electron chi connectivity index (χ3n) is 7.65.